The van der Waals surface area contributed by atoms with E-state index in [1.165, 1.54) is 6.07 Å². The first-order valence-electron chi connectivity index (χ1n) is 6.73. The third kappa shape index (κ3) is 3.40. The van der Waals surface area contributed by atoms with Crippen LogP contribution in [0.15, 0.2) is 12.1 Å². The highest BCUT2D eigenvalue weighted by Crippen LogP contribution is 2.36. The van der Waals surface area contributed by atoms with E-state index in [1.807, 2.05) is 0 Å². The zero-order valence-corrected chi connectivity index (χ0v) is 12.6. The molecular formula is C14H19Cl2FN2. The Labute approximate surface area is 123 Å². The molecule has 1 fully saturated rings. The summed E-state index contributed by atoms with van der Waals surface area (Å²) in [6, 6.07) is 3.22. The lowest BCUT2D eigenvalue weighted by Gasteiger charge is -2.35. The molecule has 2 nitrogen and oxygen atoms in total. The second-order valence-corrected chi connectivity index (χ2v) is 5.66. The summed E-state index contributed by atoms with van der Waals surface area (Å²) >= 11 is 12.1. The molecule has 1 aromatic rings. The minimum Gasteiger partial charge on any atom is -0.314 e. The molecule has 0 bridgehead atoms. The smallest absolute Gasteiger partial charge is 0.148 e. The Hall–Kier alpha value is -0.350. The predicted molar refractivity (Wildman–Crippen MR) is 78.5 cm³/mol. The zero-order chi connectivity index (χ0) is 13.8. The van der Waals surface area contributed by atoms with Crippen LogP contribution in [0, 0.1) is 5.82 Å². The fraction of sp³-hybridized carbons (Fsp3) is 0.571. The van der Waals surface area contributed by atoms with Gasteiger partial charge >= 0.3 is 0 Å². The molecule has 1 heterocycles. The second-order valence-electron chi connectivity index (χ2n) is 4.85. The van der Waals surface area contributed by atoms with Crippen LogP contribution in [-0.4, -0.2) is 31.1 Å². The lowest BCUT2D eigenvalue weighted by Crippen LogP contribution is -2.45. The summed E-state index contributed by atoms with van der Waals surface area (Å²) in [5.74, 6) is -0.369. The van der Waals surface area contributed by atoms with Crippen molar-refractivity contribution >= 4 is 23.2 Å². The topological polar surface area (TPSA) is 15.3 Å². The maximum Gasteiger partial charge on any atom is 0.148 e. The molecule has 0 spiro atoms. The average Bonchev–Trinajstić information content (AvgIpc) is 2.43. The molecular weight excluding hydrogens is 286 g/mol. The summed E-state index contributed by atoms with van der Waals surface area (Å²) in [4.78, 5) is 2.29. The van der Waals surface area contributed by atoms with E-state index >= 15 is 0 Å². The quantitative estimate of drug-likeness (QED) is 0.849. The van der Waals surface area contributed by atoms with Gasteiger partial charge in [0.05, 0.1) is 5.02 Å². The van der Waals surface area contributed by atoms with Crippen LogP contribution in [0.3, 0.4) is 0 Å². The van der Waals surface area contributed by atoms with Gasteiger partial charge in [-0.3, -0.25) is 4.90 Å². The Kier molecular flexibility index (Phi) is 5.46. The minimum absolute atomic E-state index is 0.0123. The molecule has 19 heavy (non-hydrogen) atoms. The molecule has 5 heteroatoms. The van der Waals surface area contributed by atoms with Crippen LogP contribution in [-0.2, 0) is 0 Å². The number of hydrogen-bond donors (Lipinski definition) is 1. The molecule has 1 saturated heterocycles. The highest BCUT2D eigenvalue weighted by molar-refractivity contribution is 6.33. The van der Waals surface area contributed by atoms with E-state index < -0.39 is 0 Å². The van der Waals surface area contributed by atoms with Gasteiger partial charge in [0.2, 0.25) is 0 Å². The highest BCUT2D eigenvalue weighted by atomic mass is 35.5. The zero-order valence-electron chi connectivity index (χ0n) is 11.1. The van der Waals surface area contributed by atoms with E-state index in [0.717, 1.165) is 39.0 Å². The Morgan fingerprint density at radius 2 is 1.89 bits per heavy atom. The van der Waals surface area contributed by atoms with Gasteiger partial charge in [-0.25, -0.2) is 4.39 Å². The van der Waals surface area contributed by atoms with Gasteiger partial charge in [0, 0.05) is 42.8 Å². The molecule has 1 aliphatic rings. The van der Waals surface area contributed by atoms with E-state index in [9.17, 15) is 4.39 Å². The van der Waals surface area contributed by atoms with Crippen LogP contribution in [0.1, 0.15) is 31.4 Å². The Bertz CT molecular complexity index is 434. The normalized spacial score (nSPS) is 18.5. The third-order valence-corrected chi connectivity index (χ3v) is 4.19. The molecule has 1 N–H and O–H groups in total. The second kappa shape index (κ2) is 6.89. The summed E-state index contributed by atoms with van der Waals surface area (Å²) in [6.45, 7) is 5.78. The molecule has 106 valence electrons. The fourth-order valence-corrected chi connectivity index (χ4v) is 3.06. The molecule has 0 aromatic heterocycles. The van der Waals surface area contributed by atoms with Crippen molar-refractivity contribution in [1.29, 1.82) is 0 Å². The van der Waals surface area contributed by atoms with Crippen molar-refractivity contribution in [2.24, 2.45) is 0 Å². The van der Waals surface area contributed by atoms with Crippen LogP contribution in [0.5, 0.6) is 0 Å². The maximum atomic E-state index is 14.3. The van der Waals surface area contributed by atoms with Gasteiger partial charge in [-0.2, -0.15) is 0 Å². The van der Waals surface area contributed by atoms with Gasteiger partial charge in [-0.1, -0.05) is 36.5 Å². The standard InChI is InChI=1S/C14H19Cl2FN2/c1-2-3-12(19-8-6-18-7-9-19)13-10(15)4-5-11(16)14(13)17/h4-5,12,18H,2-3,6-9H2,1H3/t12-/m0/s1. The largest absolute Gasteiger partial charge is 0.314 e. The number of piperazine rings is 1. The number of hydrogen-bond acceptors (Lipinski definition) is 2. The van der Waals surface area contributed by atoms with Crippen LogP contribution in [0.4, 0.5) is 4.39 Å². The molecule has 1 aliphatic heterocycles. The van der Waals surface area contributed by atoms with Gasteiger partial charge in [-0.15, -0.1) is 0 Å². The summed E-state index contributed by atoms with van der Waals surface area (Å²) in [5, 5.41) is 3.93. The number of rotatable bonds is 4. The highest BCUT2D eigenvalue weighted by Gasteiger charge is 2.27. The van der Waals surface area contributed by atoms with Crippen LogP contribution < -0.4 is 5.32 Å². The van der Waals surface area contributed by atoms with Crippen LogP contribution in [0.2, 0.25) is 10.0 Å². The maximum absolute atomic E-state index is 14.3. The van der Waals surface area contributed by atoms with Crippen molar-refractivity contribution in [3.05, 3.63) is 33.6 Å². The van der Waals surface area contributed by atoms with Crippen molar-refractivity contribution < 1.29 is 4.39 Å². The van der Waals surface area contributed by atoms with Gasteiger partial charge in [-0.05, 0) is 18.6 Å². The van der Waals surface area contributed by atoms with Gasteiger partial charge in [0.15, 0.2) is 0 Å². The van der Waals surface area contributed by atoms with Crippen molar-refractivity contribution in [3.63, 3.8) is 0 Å². The van der Waals surface area contributed by atoms with Crippen molar-refractivity contribution in [2.75, 3.05) is 26.2 Å². The van der Waals surface area contributed by atoms with E-state index in [2.05, 4.69) is 17.1 Å². The molecule has 0 amide bonds. The average molecular weight is 305 g/mol. The molecule has 1 atom stereocenters. The lowest BCUT2D eigenvalue weighted by molar-refractivity contribution is 0.161. The number of benzene rings is 1. The fourth-order valence-electron chi connectivity index (χ4n) is 2.62. The van der Waals surface area contributed by atoms with Gasteiger partial charge in [0.1, 0.15) is 5.82 Å². The van der Waals surface area contributed by atoms with E-state index in [-0.39, 0.29) is 16.9 Å². The van der Waals surface area contributed by atoms with E-state index in [1.54, 1.807) is 6.07 Å². The minimum atomic E-state index is -0.369. The summed E-state index contributed by atoms with van der Waals surface area (Å²) in [5.41, 5.74) is 0.554. The molecule has 0 aliphatic carbocycles. The first-order valence-corrected chi connectivity index (χ1v) is 7.49. The van der Waals surface area contributed by atoms with E-state index in [4.69, 9.17) is 23.2 Å². The Morgan fingerprint density at radius 1 is 1.26 bits per heavy atom. The van der Waals surface area contributed by atoms with Crippen LogP contribution in [0.25, 0.3) is 0 Å². The third-order valence-electron chi connectivity index (χ3n) is 3.57. The molecule has 2 rings (SSSR count). The SMILES string of the molecule is CCC[C@@H](c1c(Cl)ccc(Cl)c1F)N1CCNCC1. The predicted octanol–water partition coefficient (Wildman–Crippen LogP) is 3.88. The summed E-state index contributed by atoms with van der Waals surface area (Å²) < 4.78 is 14.3. The first kappa shape index (κ1) is 15.0. The van der Waals surface area contributed by atoms with Crippen molar-refractivity contribution in [3.8, 4) is 0 Å². The summed E-state index contributed by atoms with van der Waals surface area (Å²) in [7, 11) is 0. The first-order chi connectivity index (χ1) is 9.15. The van der Waals surface area contributed by atoms with Crippen molar-refractivity contribution in [2.45, 2.75) is 25.8 Å². The molecule has 0 saturated carbocycles. The van der Waals surface area contributed by atoms with E-state index in [0.29, 0.717) is 10.6 Å². The lowest BCUT2D eigenvalue weighted by atomic mass is 9.99. The Balaban J connectivity index is 2.35. The van der Waals surface area contributed by atoms with Crippen LogP contribution >= 0.6 is 23.2 Å². The monoisotopic (exact) mass is 304 g/mol. The molecule has 0 radical (unpaired) electrons. The van der Waals surface area contributed by atoms with Gasteiger partial charge in [0.25, 0.3) is 0 Å². The number of nitrogens with zero attached hydrogens (tertiary/aromatic N) is 1. The molecule has 1 aromatic carbocycles. The van der Waals surface area contributed by atoms with Crippen molar-refractivity contribution in [1.82, 2.24) is 10.2 Å². The number of halogens is 3. The summed E-state index contributed by atoms with van der Waals surface area (Å²) in [6.07, 6.45) is 1.87. The Morgan fingerprint density at radius 3 is 2.53 bits per heavy atom. The number of nitrogens with one attached hydrogen (secondary N) is 1. The molecule has 0 unspecified atom stereocenters. The van der Waals surface area contributed by atoms with Gasteiger partial charge < -0.3 is 5.32 Å².